The Morgan fingerprint density at radius 2 is 1.00 bits per heavy atom. The molecule has 2 spiro atoms. The van der Waals surface area contributed by atoms with Crippen LogP contribution < -0.4 is 0 Å². The predicted molar refractivity (Wildman–Crippen MR) is 87.7 cm³/mol. The quantitative estimate of drug-likeness (QED) is 0.454. The molecular weight excluding hydrogens is 364 g/mol. The minimum absolute atomic E-state index is 0.0532. The van der Waals surface area contributed by atoms with Crippen molar-refractivity contribution in [2.24, 2.45) is 58.2 Å². The Kier molecular flexibility index (Phi) is 2.49. The Balaban J connectivity index is 1.27. The van der Waals surface area contributed by atoms with Gasteiger partial charge in [0.05, 0.1) is 23.7 Å². The van der Waals surface area contributed by atoms with Crippen molar-refractivity contribution >= 4 is 29.7 Å². The number of esters is 4. The summed E-state index contributed by atoms with van der Waals surface area (Å²) in [6.07, 6.45) is 4.27. The van der Waals surface area contributed by atoms with Crippen LogP contribution in [0.2, 0.25) is 0 Å². The molecule has 7 rings (SSSR count). The largest absolute Gasteiger partial charge is 0.393 e. The SMILES string of the molecule is O=C1OC(=O)[C@@H]2C1[C@H]1C[C@H]2C[C@]12CC[C@@]1(C[C@H]3C[C@H]1C1C(=O)OC(=O)[C@@H]13)C2=O. The number of carbonyl (C=O) groups is 5. The van der Waals surface area contributed by atoms with Crippen LogP contribution in [0, 0.1) is 58.2 Å². The molecule has 0 radical (unpaired) electrons. The van der Waals surface area contributed by atoms with Crippen molar-refractivity contribution in [1.29, 1.82) is 0 Å². The Labute approximate surface area is 160 Å². The van der Waals surface area contributed by atoms with Gasteiger partial charge in [0.25, 0.3) is 0 Å². The molecular formula is C21H20O7. The summed E-state index contributed by atoms with van der Waals surface area (Å²) >= 11 is 0. The monoisotopic (exact) mass is 384 g/mol. The van der Waals surface area contributed by atoms with Crippen molar-refractivity contribution in [1.82, 2.24) is 0 Å². The van der Waals surface area contributed by atoms with E-state index in [4.69, 9.17) is 9.47 Å². The molecule has 0 aromatic carbocycles. The summed E-state index contributed by atoms with van der Waals surface area (Å²) in [6.45, 7) is 0. The first-order chi connectivity index (χ1) is 13.4. The van der Waals surface area contributed by atoms with Crippen molar-refractivity contribution in [2.75, 3.05) is 0 Å². The van der Waals surface area contributed by atoms with Crippen LogP contribution in [0.25, 0.3) is 0 Å². The number of ether oxygens (including phenoxy) is 2. The second kappa shape index (κ2) is 4.41. The second-order valence-corrected chi connectivity index (χ2v) is 10.3. The number of hydrogen-bond donors (Lipinski definition) is 0. The van der Waals surface area contributed by atoms with E-state index >= 15 is 0 Å². The number of fused-ring (bicyclic) bond motifs is 12. The average Bonchev–Trinajstić information content (AvgIpc) is 3.46. The minimum atomic E-state index is -0.554. The number of Topliss-reactive ketones (excluding diaryl/α,β-unsaturated/α-hetero) is 1. The fourth-order valence-electron chi connectivity index (χ4n) is 9.16. The summed E-state index contributed by atoms with van der Waals surface area (Å²) in [5.74, 6) is -3.28. The smallest absolute Gasteiger partial charge is 0.317 e. The molecule has 0 aromatic heterocycles. The number of carbonyl (C=O) groups excluding carboxylic acids is 5. The first-order valence-corrected chi connectivity index (χ1v) is 10.4. The van der Waals surface area contributed by atoms with Gasteiger partial charge in [0.1, 0.15) is 5.78 Å². The Bertz CT molecular complexity index is 850. The fraction of sp³-hybridized carbons (Fsp3) is 0.762. The summed E-state index contributed by atoms with van der Waals surface area (Å²) < 4.78 is 9.82. The Morgan fingerprint density at radius 3 is 1.43 bits per heavy atom. The molecule has 146 valence electrons. The van der Waals surface area contributed by atoms with Crippen molar-refractivity contribution in [3.63, 3.8) is 0 Å². The van der Waals surface area contributed by atoms with Crippen LogP contribution in [0.4, 0.5) is 0 Å². The molecule has 2 unspecified atom stereocenters. The summed E-state index contributed by atoms with van der Waals surface area (Å²) in [7, 11) is 0. The molecule has 0 aromatic rings. The lowest BCUT2D eigenvalue weighted by Crippen LogP contribution is -2.48. The van der Waals surface area contributed by atoms with Gasteiger partial charge in [-0.05, 0) is 62.2 Å². The summed E-state index contributed by atoms with van der Waals surface area (Å²) in [5.41, 5.74) is -1.11. The lowest BCUT2D eigenvalue weighted by atomic mass is 9.58. The zero-order valence-electron chi connectivity index (χ0n) is 15.2. The van der Waals surface area contributed by atoms with Crippen molar-refractivity contribution < 1.29 is 33.4 Å². The van der Waals surface area contributed by atoms with E-state index < -0.39 is 46.5 Å². The number of cyclic esters (lactones) is 4. The second-order valence-electron chi connectivity index (χ2n) is 10.3. The standard InChI is InChI=1S/C21H20O7/c22-15-11-7-3-9(13(11)17(24)27-15)20(5-7)1-2-21(19(20)26)6-8-4-10(21)14-12(8)16(23)28-18(14)25/h7-14H,1-6H2/t7-,8+,9+,10-,11-,12+,13?,14?,20+,21-. The molecule has 5 saturated carbocycles. The Morgan fingerprint density at radius 1 is 0.607 bits per heavy atom. The van der Waals surface area contributed by atoms with Gasteiger partial charge >= 0.3 is 23.9 Å². The third-order valence-electron chi connectivity index (χ3n) is 9.85. The molecule has 7 heteroatoms. The van der Waals surface area contributed by atoms with Crippen LogP contribution >= 0.6 is 0 Å². The number of hydrogen-bond acceptors (Lipinski definition) is 7. The van der Waals surface area contributed by atoms with Crippen LogP contribution in [-0.2, 0) is 33.4 Å². The normalized spacial score (nSPS) is 57.6. The van der Waals surface area contributed by atoms with Gasteiger partial charge in [0, 0.05) is 10.8 Å². The molecule has 2 heterocycles. The van der Waals surface area contributed by atoms with Gasteiger partial charge in [-0.25, -0.2) is 0 Å². The van der Waals surface area contributed by atoms with Gasteiger partial charge in [-0.2, -0.15) is 0 Å². The van der Waals surface area contributed by atoms with Gasteiger partial charge < -0.3 is 9.47 Å². The van der Waals surface area contributed by atoms with E-state index in [1.54, 1.807) is 0 Å². The molecule has 2 aliphatic heterocycles. The summed E-state index contributed by atoms with van der Waals surface area (Å²) in [4.78, 5) is 62.8. The highest BCUT2D eigenvalue weighted by Crippen LogP contribution is 2.75. The highest BCUT2D eigenvalue weighted by molar-refractivity contribution is 6.02. The lowest BCUT2D eigenvalue weighted by molar-refractivity contribution is -0.156. The maximum absolute atomic E-state index is 14.0. The van der Waals surface area contributed by atoms with E-state index in [1.165, 1.54) is 0 Å². The first kappa shape index (κ1) is 15.8. The number of ketones is 1. The average molecular weight is 384 g/mol. The van der Waals surface area contributed by atoms with Crippen LogP contribution in [0.5, 0.6) is 0 Å². The predicted octanol–water partition coefficient (Wildman–Crippen LogP) is 1.03. The molecule has 7 nitrogen and oxygen atoms in total. The van der Waals surface area contributed by atoms with E-state index in [1.807, 2.05) is 0 Å². The van der Waals surface area contributed by atoms with Crippen LogP contribution in [0.3, 0.4) is 0 Å². The van der Waals surface area contributed by atoms with Gasteiger partial charge in [-0.15, -0.1) is 0 Å². The molecule has 10 atom stereocenters. The van der Waals surface area contributed by atoms with E-state index in [0.717, 1.165) is 25.7 Å². The highest BCUT2D eigenvalue weighted by Gasteiger charge is 2.78. The summed E-state index contributed by atoms with van der Waals surface area (Å²) in [6, 6.07) is 0. The van der Waals surface area contributed by atoms with E-state index in [9.17, 15) is 24.0 Å². The highest BCUT2D eigenvalue weighted by atomic mass is 16.6. The van der Waals surface area contributed by atoms with Gasteiger partial charge in [-0.3, -0.25) is 24.0 Å². The van der Waals surface area contributed by atoms with Crippen LogP contribution in [0.15, 0.2) is 0 Å². The first-order valence-electron chi connectivity index (χ1n) is 10.4. The van der Waals surface area contributed by atoms with E-state index in [-0.39, 0.29) is 41.3 Å². The van der Waals surface area contributed by atoms with Gasteiger partial charge in [0.2, 0.25) is 0 Å². The van der Waals surface area contributed by atoms with Gasteiger partial charge in [0.15, 0.2) is 0 Å². The third kappa shape index (κ3) is 1.40. The van der Waals surface area contributed by atoms with Crippen molar-refractivity contribution in [3.8, 4) is 0 Å². The lowest BCUT2D eigenvalue weighted by Gasteiger charge is -2.41. The fourth-order valence-corrected chi connectivity index (χ4v) is 9.16. The van der Waals surface area contributed by atoms with E-state index in [2.05, 4.69) is 0 Å². The maximum Gasteiger partial charge on any atom is 0.317 e. The van der Waals surface area contributed by atoms with Crippen LogP contribution in [0.1, 0.15) is 38.5 Å². The molecule has 5 aliphatic carbocycles. The molecule has 4 bridgehead atoms. The number of rotatable bonds is 0. The molecule has 7 aliphatic rings. The molecule has 7 fully saturated rings. The molecule has 2 saturated heterocycles. The maximum atomic E-state index is 14.0. The molecule has 0 N–H and O–H groups in total. The van der Waals surface area contributed by atoms with Gasteiger partial charge in [-0.1, -0.05) is 0 Å². The van der Waals surface area contributed by atoms with E-state index in [0.29, 0.717) is 12.8 Å². The molecule has 28 heavy (non-hydrogen) atoms. The van der Waals surface area contributed by atoms with Crippen molar-refractivity contribution in [2.45, 2.75) is 38.5 Å². The summed E-state index contributed by atoms with van der Waals surface area (Å²) in [5, 5.41) is 0. The Hall–Kier alpha value is -2.05. The van der Waals surface area contributed by atoms with Crippen LogP contribution in [-0.4, -0.2) is 29.7 Å². The van der Waals surface area contributed by atoms with Crippen molar-refractivity contribution in [3.05, 3.63) is 0 Å². The zero-order valence-corrected chi connectivity index (χ0v) is 15.2. The minimum Gasteiger partial charge on any atom is -0.393 e. The molecule has 0 amide bonds. The zero-order chi connectivity index (χ0) is 19.2. The topological polar surface area (TPSA) is 104 Å². The third-order valence-corrected chi connectivity index (χ3v) is 9.85.